The Kier molecular flexibility index (Phi) is 12.8. The van der Waals surface area contributed by atoms with Crippen molar-refractivity contribution < 1.29 is 33.5 Å². The first-order valence-electron chi connectivity index (χ1n) is 16.4. The highest BCUT2D eigenvalue weighted by atomic mass is 16.5. The van der Waals surface area contributed by atoms with Gasteiger partial charge in [-0.2, -0.15) is 0 Å². The number of carbonyl (C=O) groups excluding carboxylic acids is 3. The minimum Gasteiger partial charge on any atom is -0.490 e. The van der Waals surface area contributed by atoms with Crippen molar-refractivity contribution in [1.29, 1.82) is 0 Å². The lowest BCUT2D eigenvalue weighted by Gasteiger charge is -2.35. The number of amides is 5. The molecule has 48 heavy (non-hydrogen) atoms. The lowest BCUT2D eigenvalue weighted by Crippen LogP contribution is -2.48. The molecule has 13 heteroatoms. The SMILES string of the molecule is Cc1noc(C)c1NC(=O)N(C)C[C@@H]1OCCCC[C@H](C)Oc2ccc(NC(=O)Nc3ccccc3)cc2C(=O)N([C@H](C)CO)C[C@@H]1C. The fraction of sp³-hybridized carbons (Fsp3) is 0.486. The average molecular weight is 665 g/mol. The number of carbonyl (C=O) groups is 3. The van der Waals surface area contributed by atoms with E-state index in [4.69, 9.17) is 14.0 Å². The van der Waals surface area contributed by atoms with Gasteiger partial charge in [0.2, 0.25) is 0 Å². The van der Waals surface area contributed by atoms with Gasteiger partial charge in [0, 0.05) is 44.0 Å². The number of likely N-dealkylation sites (N-methyl/N-ethyl adjacent to an activating group) is 1. The summed E-state index contributed by atoms with van der Waals surface area (Å²) in [6.45, 7) is 9.86. The van der Waals surface area contributed by atoms with E-state index in [1.165, 1.54) is 0 Å². The van der Waals surface area contributed by atoms with E-state index in [1.807, 2.05) is 32.0 Å². The summed E-state index contributed by atoms with van der Waals surface area (Å²) < 4.78 is 17.8. The molecular weight excluding hydrogens is 616 g/mol. The average Bonchev–Trinajstić information content (AvgIpc) is 3.38. The fourth-order valence-corrected chi connectivity index (χ4v) is 5.49. The third-order valence-electron chi connectivity index (χ3n) is 8.41. The third kappa shape index (κ3) is 9.71. The largest absolute Gasteiger partial charge is 0.490 e. The molecule has 0 aliphatic carbocycles. The zero-order valence-corrected chi connectivity index (χ0v) is 28.6. The molecule has 3 aromatic rings. The van der Waals surface area contributed by atoms with Crippen LogP contribution in [0.5, 0.6) is 5.75 Å². The molecule has 0 fully saturated rings. The first-order chi connectivity index (χ1) is 23.0. The van der Waals surface area contributed by atoms with E-state index in [1.54, 1.807) is 68.0 Å². The standard InChI is InChI=1S/C35H48N6O7/c1-22-19-41(23(2)21-42)33(43)29-18-28(37-34(44)36-27-13-8-7-9-14-27)15-16-30(29)47-24(3)12-10-11-17-46-31(22)20-40(6)35(45)38-32-25(4)39-48-26(32)5/h7-9,13-16,18,22-24,31,42H,10-12,17,19-21H2,1-6H3,(H,38,45)(H2,36,37,44)/t22-,23+,24-,31-/m0/s1. The molecule has 4 N–H and O–H groups in total. The summed E-state index contributed by atoms with van der Waals surface area (Å²) in [6.07, 6.45) is 1.73. The van der Waals surface area contributed by atoms with E-state index in [9.17, 15) is 19.5 Å². The molecule has 0 spiro atoms. The van der Waals surface area contributed by atoms with Crippen LogP contribution in [0, 0.1) is 19.8 Å². The number of nitrogens with zero attached hydrogens (tertiary/aromatic N) is 3. The number of anilines is 3. The van der Waals surface area contributed by atoms with Crippen LogP contribution in [0.25, 0.3) is 0 Å². The lowest BCUT2D eigenvalue weighted by molar-refractivity contribution is -0.0115. The van der Waals surface area contributed by atoms with E-state index in [-0.39, 0.29) is 49.2 Å². The predicted molar refractivity (Wildman–Crippen MR) is 184 cm³/mol. The van der Waals surface area contributed by atoms with Gasteiger partial charge in [0.1, 0.15) is 17.1 Å². The molecule has 5 amide bonds. The molecule has 4 rings (SSSR count). The second-order valence-electron chi connectivity index (χ2n) is 12.5. The van der Waals surface area contributed by atoms with Crippen molar-refractivity contribution in [3.63, 3.8) is 0 Å². The van der Waals surface area contributed by atoms with Crippen LogP contribution >= 0.6 is 0 Å². The Bertz CT molecular complexity index is 1510. The fourth-order valence-electron chi connectivity index (χ4n) is 5.49. The molecule has 0 radical (unpaired) electrons. The topological polar surface area (TPSA) is 158 Å². The number of rotatable bonds is 7. The van der Waals surface area contributed by atoms with Gasteiger partial charge in [0.15, 0.2) is 5.76 Å². The molecule has 0 saturated carbocycles. The smallest absolute Gasteiger partial charge is 0.323 e. The predicted octanol–water partition coefficient (Wildman–Crippen LogP) is 5.89. The van der Waals surface area contributed by atoms with E-state index in [0.717, 1.165) is 19.3 Å². The van der Waals surface area contributed by atoms with Gasteiger partial charge in [-0.15, -0.1) is 0 Å². The molecule has 0 saturated heterocycles. The number of aliphatic hydroxyl groups is 1. The Labute approximate surface area is 281 Å². The van der Waals surface area contributed by atoms with Crippen molar-refractivity contribution in [3.05, 3.63) is 65.5 Å². The number of hydrogen-bond acceptors (Lipinski definition) is 8. The number of aliphatic hydroxyl groups excluding tert-OH is 1. The molecule has 2 heterocycles. The summed E-state index contributed by atoms with van der Waals surface area (Å²) >= 11 is 0. The molecule has 0 unspecified atom stereocenters. The van der Waals surface area contributed by atoms with Crippen LogP contribution in [0.4, 0.5) is 26.7 Å². The Hall–Kier alpha value is -4.62. The zero-order valence-electron chi connectivity index (χ0n) is 28.6. The maximum atomic E-state index is 14.3. The minimum atomic E-state index is -0.544. The maximum Gasteiger partial charge on any atom is 0.323 e. The highest BCUT2D eigenvalue weighted by Gasteiger charge is 2.31. The first-order valence-corrected chi connectivity index (χ1v) is 16.4. The number of para-hydroxylation sites is 1. The summed E-state index contributed by atoms with van der Waals surface area (Å²) in [7, 11) is 1.69. The van der Waals surface area contributed by atoms with E-state index >= 15 is 0 Å². The maximum absolute atomic E-state index is 14.3. The van der Waals surface area contributed by atoms with Gasteiger partial charge in [-0.1, -0.05) is 30.3 Å². The first kappa shape index (κ1) is 36.2. The number of ether oxygens (including phenoxy) is 2. The van der Waals surface area contributed by atoms with Crippen molar-refractivity contribution in [1.82, 2.24) is 15.0 Å². The second-order valence-corrected chi connectivity index (χ2v) is 12.5. The lowest BCUT2D eigenvalue weighted by atomic mass is 10.0. The van der Waals surface area contributed by atoms with E-state index < -0.39 is 18.2 Å². The van der Waals surface area contributed by atoms with Crippen LogP contribution in [0.15, 0.2) is 53.1 Å². The Morgan fingerprint density at radius 3 is 2.48 bits per heavy atom. The molecule has 1 aliphatic rings. The molecule has 0 bridgehead atoms. The number of nitrogens with one attached hydrogen (secondary N) is 3. The van der Waals surface area contributed by atoms with Gasteiger partial charge in [-0.25, -0.2) is 9.59 Å². The number of fused-ring (bicyclic) bond motifs is 1. The van der Waals surface area contributed by atoms with Gasteiger partial charge in [-0.05, 0) is 77.3 Å². The minimum absolute atomic E-state index is 0.197. The summed E-state index contributed by atoms with van der Waals surface area (Å²) in [6, 6.07) is 12.7. The quantitative estimate of drug-likeness (QED) is 0.243. The second kappa shape index (κ2) is 17.0. The molecular formula is C35H48N6O7. The molecule has 260 valence electrons. The van der Waals surface area contributed by atoms with Gasteiger partial charge in [0.25, 0.3) is 5.91 Å². The number of hydrogen-bond donors (Lipinski definition) is 4. The van der Waals surface area contributed by atoms with Crippen LogP contribution in [0.3, 0.4) is 0 Å². The van der Waals surface area contributed by atoms with Crippen molar-refractivity contribution in [3.8, 4) is 5.75 Å². The molecule has 13 nitrogen and oxygen atoms in total. The number of aryl methyl sites for hydroxylation is 2. The van der Waals surface area contributed by atoms with Crippen LogP contribution in [0.2, 0.25) is 0 Å². The highest BCUT2D eigenvalue weighted by molar-refractivity contribution is 6.02. The van der Waals surface area contributed by atoms with E-state index in [0.29, 0.717) is 40.9 Å². The third-order valence-corrected chi connectivity index (χ3v) is 8.41. The van der Waals surface area contributed by atoms with Gasteiger partial charge >= 0.3 is 12.1 Å². The molecule has 4 atom stereocenters. The van der Waals surface area contributed by atoms with Crippen LogP contribution in [0.1, 0.15) is 61.8 Å². The number of benzene rings is 2. The van der Waals surface area contributed by atoms with Gasteiger partial charge in [-0.3, -0.25) is 4.79 Å². The zero-order chi connectivity index (χ0) is 34.8. The highest BCUT2D eigenvalue weighted by Crippen LogP contribution is 2.29. The summed E-state index contributed by atoms with van der Waals surface area (Å²) in [5.41, 5.74) is 2.41. The monoisotopic (exact) mass is 664 g/mol. The van der Waals surface area contributed by atoms with Crippen molar-refractivity contribution in [2.75, 3.05) is 49.3 Å². The Morgan fingerprint density at radius 2 is 1.79 bits per heavy atom. The summed E-state index contributed by atoms with van der Waals surface area (Å²) in [4.78, 5) is 43.4. The Balaban J connectivity index is 1.58. The van der Waals surface area contributed by atoms with Crippen molar-refractivity contribution in [2.24, 2.45) is 5.92 Å². The van der Waals surface area contributed by atoms with E-state index in [2.05, 4.69) is 21.1 Å². The normalized spacial score (nSPS) is 19.7. The molecule has 1 aliphatic heterocycles. The number of urea groups is 2. The molecule has 2 aromatic carbocycles. The number of aromatic nitrogens is 1. The Morgan fingerprint density at radius 1 is 1.06 bits per heavy atom. The summed E-state index contributed by atoms with van der Waals surface area (Å²) in [5.74, 6) is 0.307. The van der Waals surface area contributed by atoms with Crippen molar-refractivity contribution >= 4 is 35.0 Å². The van der Waals surface area contributed by atoms with Gasteiger partial charge < -0.3 is 44.9 Å². The molecule has 1 aromatic heterocycles. The van der Waals surface area contributed by atoms with Crippen LogP contribution in [-0.2, 0) is 4.74 Å². The van der Waals surface area contributed by atoms with Crippen LogP contribution in [-0.4, -0.2) is 89.6 Å². The summed E-state index contributed by atoms with van der Waals surface area (Å²) in [5, 5.41) is 22.6. The van der Waals surface area contributed by atoms with Gasteiger partial charge in [0.05, 0.1) is 30.4 Å². The van der Waals surface area contributed by atoms with Crippen LogP contribution < -0.4 is 20.7 Å². The van der Waals surface area contributed by atoms with Crippen molar-refractivity contribution in [2.45, 2.75) is 72.1 Å².